The number of rotatable bonds is 4. The maximum atomic E-state index is 12.1. The number of nitrogens with one attached hydrogen (secondary N) is 1. The van der Waals surface area contributed by atoms with Crippen LogP contribution in [0.5, 0.6) is 0 Å². The van der Waals surface area contributed by atoms with Crippen LogP contribution in [0.3, 0.4) is 0 Å². The van der Waals surface area contributed by atoms with Gasteiger partial charge in [-0.3, -0.25) is 4.98 Å². The molecule has 0 aliphatic heterocycles. The van der Waals surface area contributed by atoms with Crippen LogP contribution in [0.1, 0.15) is 17.2 Å². The lowest BCUT2D eigenvalue weighted by Crippen LogP contribution is -2.24. The molecule has 0 bridgehead atoms. The van der Waals surface area contributed by atoms with Crippen LogP contribution in [-0.2, 0) is 16.6 Å². The van der Waals surface area contributed by atoms with Gasteiger partial charge in [-0.2, -0.15) is 0 Å². The molecule has 19 heavy (non-hydrogen) atoms. The van der Waals surface area contributed by atoms with Crippen molar-refractivity contribution in [3.05, 3.63) is 40.8 Å². The molecule has 102 valence electrons. The lowest BCUT2D eigenvalue weighted by Gasteiger charge is -2.05. The molecule has 0 spiro atoms. The summed E-state index contributed by atoms with van der Waals surface area (Å²) in [6.45, 7) is 3.25. The average molecular weight is 302 g/mol. The maximum Gasteiger partial charge on any atom is 0.244 e. The molecule has 6 nitrogen and oxygen atoms in total. The van der Waals surface area contributed by atoms with Gasteiger partial charge in [0.1, 0.15) is 16.4 Å². The minimum Gasteiger partial charge on any atom is -0.465 e. The Morgan fingerprint density at radius 3 is 2.58 bits per heavy atom. The van der Waals surface area contributed by atoms with Crippen LogP contribution in [0.25, 0.3) is 0 Å². The van der Waals surface area contributed by atoms with Gasteiger partial charge in [0.25, 0.3) is 0 Å². The highest BCUT2D eigenvalue weighted by atomic mass is 35.5. The van der Waals surface area contributed by atoms with Gasteiger partial charge in [-0.15, -0.1) is 0 Å². The summed E-state index contributed by atoms with van der Waals surface area (Å²) in [6, 6.07) is 1.47. The molecule has 0 aromatic carbocycles. The maximum absolute atomic E-state index is 12.1. The topological polar surface area (TPSA) is 85.1 Å². The first-order valence-corrected chi connectivity index (χ1v) is 7.28. The highest BCUT2D eigenvalue weighted by Crippen LogP contribution is 2.19. The van der Waals surface area contributed by atoms with Crippen molar-refractivity contribution in [2.75, 3.05) is 0 Å². The van der Waals surface area contributed by atoms with Crippen LogP contribution >= 0.6 is 11.6 Å². The molecule has 0 unspecified atom stereocenters. The van der Waals surface area contributed by atoms with Crippen molar-refractivity contribution in [1.29, 1.82) is 0 Å². The van der Waals surface area contributed by atoms with E-state index in [-0.39, 0.29) is 16.6 Å². The first-order valence-electron chi connectivity index (χ1n) is 5.42. The van der Waals surface area contributed by atoms with Crippen LogP contribution < -0.4 is 4.72 Å². The Morgan fingerprint density at radius 2 is 2.00 bits per heavy atom. The average Bonchev–Trinajstić information content (AvgIpc) is 2.68. The van der Waals surface area contributed by atoms with Crippen molar-refractivity contribution in [2.45, 2.75) is 25.3 Å². The number of aromatic nitrogens is 2. The third-order valence-corrected chi connectivity index (χ3v) is 4.26. The summed E-state index contributed by atoms with van der Waals surface area (Å²) in [6.07, 6.45) is 2.88. The normalized spacial score (nSPS) is 11.7. The van der Waals surface area contributed by atoms with Gasteiger partial charge >= 0.3 is 0 Å². The van der Waals surface area contributed by atoms with Gasteiger partial charge in [-0.25, -0.2) is 18.1 Å². The third kappa shape index (κ3) is 3.12. The van der Waals surface area contributed by atoms with Crippen LogP contribution in [0.4, 0.5) is 0 Å². The summed E-state index contributed by atoms with van der Waals surface area (Å²) >= 11 is 5.81. The standard InChI is InChI=1S/C11H12ClN3O3S/c1-7-5-10(8(2)18-7)19(16,17)15-6-9-11(12)14-4-3-13-9/h3-5,15H,6H2,1-2H3. The Balaban J connectivity index is 2.19. The van der Waals surface area contributed by atoms with Crippen molar-refractivity contribution < 1.29 is 12.8 Å². The summed E-state index contributed by atoms with van der Waals surface area (Å²) in [5.74, 6) is 0.880. The number of halogens is 1. The lowest BCUT2D eigenvalue weighted by atomic mass is 10.4. The zero-order valence-corrected chi connectivity index (χ0v) is 11.9. The van der Waals surface area contributed by atoms with Gasteiger partial charge in [0.15, 0.2) is 5.15 Å². The molecular formula is C11H12ClN3O3S. The zero-order chi connectivity index (χ0) is 14.0. The summed E-state index contributed by atoms with van der Waals surface area (Å²) in [5, 5.41) is 0.172. The van der Waals surface area contributed by atoms with Gasteiger partial charge in [-0.1, -0.05) is 11.6 Å². The van der Waals surface area contributed by atoms with Crippen molar-refractivity contribution in [3.8, 4) is 0 Å². The van der Waals surface area contributed by atoms with E-state index in [0.29, 0.717) is 17.2 Å². The van der Waals surface area contributed by atoms with Gasteiger partial charge in [-0.05, 0) is 19.9 Å². The quantitative estimate of drug-likeness (QED) is 0.931. The van der Waals surface area contributed by atoms with E-state index in [1.807, 2.05) is 0 Å². The molecule has 1 N–H and O–H groups in total. The molecule has 0 saturated heterocycles. The molecule has 0 atom stereocenters. The summed E-state index contributed by atoms with van der Waals surface area (Å²) in [5.41, 5.74) is 0.366. The minimum atomic E-state index is -3.66. The van der Waals surface area contributed by atoms with E-state index in [1.54, 1.807) is 13.8 Å². The second-order valence-corrected chi connectivity index (χ2v) is 5.99. The largest absolute Gasteiger partial charge is 0.465 e. The molecule has 2 aromatic rings. The van der Waals surface area contributed by atoms with Crippen molar-refractivity contribution >= 4 is 21.6 Å². The molecule has 0 aliphatic rings. The van der Waals surface area contributed by atoms with E-state index < -0.39 is 10.0 Å². The Hall–Kier alpha value is -1.44. The van der Waals surface area contributed by atoms with E-state index >= 15 is 0 Å². The number of hydrogen-bond acceptors (Lipinski definition) is 5. The zero-order valence-electron chi connectivity index (χ0n) is 10.3. The third-order valence-electron chi connectivity index (χ3n) is 2.44. The molecule has 8 heteroatoms. The number of nitrogens with zero attached hydrogens (tertiary/aromatic N) is 2. The summed E-state index contributed by atoms with van der Waals surface area (Å²) in [4.78, 5) is 7.90. The second kappa shape index (κ2) is 5.28. The van der Waals surface area contributed by atoms with Crippen molar-refractivity contribution in [1.82, 2.24) is 14.7 Å². The van der Waals surface area contributed by atoms with E-state index in [1.165, 1.54) is 18.5 Å². The molecule has 0 amide bonds. The summed E-state index contributed by atoms with van der Waals surface area (Å²) in [7, 11) is -3.66. The van der Waals surface area contributed by atoms with E-state index in [2.05, 4.69) is 14.7 Å². The van der Waals surface area contributed by atoms with Gasteiger partial charge in [0, 0.05) is 12.4 Å². The van der Waals surface area contributed by atoms with Crippen LogP contribution in [-0.4, -0.2) is 18.4 Å². The molecule has 2 heterocycles. The Labute approximate surface area is 115 Å². The highest BCUT2D eigenvalue weighted by Gasteiger charge is 2.20. The van der Waals surface area contributed by atoms with Crippen molar-refractivity contribution in [2.24, 2.45) is 0 Å². The molecule has 0 radical (unpaired) electrons. The molecule has 2 rings (SSSR count). The fourth-order valence-corrected chi connectivity index (χ4v) is 2.98. The molecule has 0 aliphatic carbocycles. The number of furan rings is 1. The van der Waals surface area contributed by atoms with Gasteiger partial charge < -0.3 is 4.42 Å². The molecule has 0 fully saturated rings. The predicted octanol–water partition coefficient (Wildman–Crippen LogP) is 1.82. The SMILES string of the molecule is Cc1cc(S(=O)(=O)NCc2nccnc2Cl)c(C)o1. The smallest absolute Gasteiger partial charge is 0.244 e. The second-order valence-electron chi connectivity index (χ2n) is 3.90. The fourth-order valence-electron chi connectivity index (χ4n) is 1.58. The molecular weight excluding hydrogens is 290 g/mol. The van der Waals surface area contributed by atoms with Crippen LogP contribution in [0.2, 0.25) is 5.15 Å². The highest BCUT2D eigenvalue weighted by molar-refractivity contribution is 7.89. The number of sulfonamides is 1. The first-order chi connectivity index (χ1) is 8.90. The fraction of sp³-hybridized carbons (Fsp3) is 0.273. The minimum absolute atomic E-state index is 0.0291. The molecule has 0 saturated carbocycles. The van der Waals surface area contributed by atoms with Crippen LogP contribution in [0, 0.1) is 13.8 Å². The van der Waals surface area contributed by atoms with Gasteiger partial charge in [0.2, 0.25) is 10.0 Å². The van der Waals surface area contributed by atoms with E-state index in [9.17, 15) is 8.42 Å². The molecule has 2 aromatic heterocycles. The Morgan fingerprint density at radius 1 is 1.32 bits per heavy atom. The lowest BCUT2D eigenvalue weighted by molar-refractivity contribution is 0.495. The van der Waals surface area contributed by atoms with Crippen LogP contribution in [0.15, 0.2) is 27.8 Å². The van der Waals surface area contributed by atoms with E-state index in [4.69, 9.17) is 16.0 Å². The van der Waals surface area contributed by atoms with Gasteiger partial charge in [0.05, 0.1) is 12.2 Å². The number of hydrogen-bond donors (Lipinski definition) is 1. The number of aryl methyl sites for hydroxylation is 2. The van der Waals surface area contributed by atoms with E-state index in [0.717, 1.165) is 0 Å². The Kier molecular flexibility index (Phi) is 3.88. The predicted molar refractivity (Wildman–Crippen MR) is 69.2 cm³/mol. The van der Waals surface area contributed by atoms with Crippen molar-refractivity contribution in [3.63, 3.8) is 0 Å². The Bertz CT molecular complexity index is 697. The summed E-state index contributed by atoms with van der Waals surface area (Å²) < 4.78 is 31.8. The monoisotopic (exact) mass is 301 g/mol. The first kappa shape index (κ1) is 14.0.